The first-order chi connectivity index (χ1) is 13.4. The molecule has 0 bridgehead atoms. The van der Waals surface area contributed by atoms with E-state index in [0.717, 1.165) is 31.5 Å². The van der Waals surface area contributed by atoms with E-state index in [-0.39, 0.29) is 43.1 Å². The molecule has 0 atom stereocenters. The lowest BCUT2D eigenvalue weighted by Gasteiger charge is -2.37. The van der Waals surface area contributed by atoms with Gasteiger partial charge in [-0.3, -0.25) is 29.5 Å². The van der Waals surface area contributed by atoms with Gasteiger partial charge in [-0.2, -0.15) is 0 Å². The molecule has 29 heavy (non-hydrogen) atoms. The highest BCUT2D eigenvalue weighted by atomic mass is 35.5. The Kier molecular flexibility index (Phi) is 7.95. The maximum absolute atomic E-state index is 12.8. The van der Waals surface area contributed by atoms with Gasteiger partial charge in [-0.1, -0.05) is 13.0 Å². The molecule has 0 unspecified atom stereocenters. The standard InChI is InChI=1S/C19H26N4O5.ClH/c1-2-21(13-19(25)26)15-6-8-20(9-7-15)12-18(24)22-10-5-14-3-4-16(23(27)28)11-17(14)22;/h3-4,11,15H,2,5-10,12-13H2,1H3,(H,25,26);1H. The second-order valence-electron chi connectivity index (χ2n) is 7.33. The molecule has 0 saturated carbocycles. The second-order valence-corrected chi connectivity index (χ2v) is 7.33. The van der Waals surface area contributed by atoms with Gasteiger partial charge >= 0.3 is 5.97 Å². The highest BCUT2D eigenvalue weighted by molar-refractivity contribution is 5.97. The van der Waals surface area contributed by atoms with Crippen molar-refractivity contribution in [2.45, 2.75) is 32.2 Å². The summed E-state index contributed by atoms with van der Waals surface area (Å²) in [5.74, 6) is -0.864. The van der Waals surface area contributed by atoms with Crippen LogP contribution in [0.4, 0.5) is 11.4 Å². The Balaban J connectivity index is 0.00000300. The number of piperidine rings is 1. The van der Waals surface area contributed by atoms with Gasteiger partial charge in [0.1, 0.15) is 0 Å². The Morgan fingerprint density at radius 2 is 1.97 bits per heavy atom. The molecule has 2 aliphatic rings. The van der Waals surface area contributed by atoms with Crippen LogP contribution in [0, 0.1) is 10.1 Å². The average molecular weight is 427 g/mol. The molecule has 10 heteroatoms. The summed E-state index contributed by atoms with van der Waals surface area (Å²) in [7, 11) is 0. The molecule has 9 nitrogen and oxygen atoms in total. The summed E-state index contributed by atoms with van der Waals surface area (Å²) in [5, 5.41) is 20.1. The fraction of sp³-hybridized carbons (Fsp3) is 0.579. The van der Waals surface area contributed by atoms with E-state index in [1.54, 1.807) is 11.0 Å². The van der Waals surface area contributed by atoms with Crippen LogP contribution in [0.5, 0.6) is 0 Å². The van der Waals surface area contributed by atoms with Crippen LogP contribution in [0.1, 0.15) is 25.3 Å². The monoisotopic (exact) mass is 426 g/mol. The minimum atomic E-state index is -0.818. The van der Waals surface area contributed by atoms with Crippen molar-refractivity contribution in [3.05, 3.63) is 33.9 Å². The zero-order valence-corrected chi connectivity index (χ0v) is 17.3. The SMILES string of the molecule is CCN(CC(=O)O)C1CCN(CC(=O)N2CCc3ccc([N+](=O)[O-])cc32)CC1.Cl. The third-order valence-electron chi connectivity index (χ3n) is 5.65. The number of likely N-dealkylation sites (N-methyl/N-ethyl adjacent to an activating group) is 1. The van der Waals surface area contributed by atoms with Crippen LogP contribution in [0.15, 0.2) is 18.2 Å². The summed E-state index contributed by atoms with van der Waals surface area (Å²) in [6.07, 6.45) is 2.37. The van der Waals surface area contributed by atoms with Gasteiger partial charge in [0.25, 0.3) is 5.69 Å². The molecule has 1 aromatic rings. The maximum atomic E-state index is 12.8. The van der Waals surface area contributed by atoms with E-state index in [1.807, 2.05) is 11.8 Å². The molecule has 0 aliphatic carbocycles. The number of likely N-dealkylation sites (tertiary alicyclic amines) is 1. The smallest absolute Gasteiger partial charge is 0.317 e. The van der Waals surface area contributed by atoms with Crippen LogP contribution in [0.3, 0.4) is 0 Å². The van der Waals surface area contributed by atoms with Crippen molar-refractivity contribution in [3.8, 4) is 0 Å². The van der Waals surface area contributed by atoms with Crippen molar-refractivity contribution in [2.24, 2.45) is 0 Å². The Labute approximate surface area is 175 Å². The normalized spacial score (nSPS) is 17.1. The highest BCUT2D eigenvalue weighted by Gasteiger charge is 2.30. The third-order valence-corrected chi connectivity index (χ3v) is 5.65. The number of carbonyl (C=O) groups excluding carboxylic acids is 1. The number of hydrogen-bond donors (Lipinski definition) is 1. The molecule has 0 spiro atoms. The van der Waals surface area contributed by atoms with Crippen molar-refractivity contribution in [2.75, 3.05) is 44.2 Å². The van der Waals surface area contributed by atoms with Crippen LogP contribution < -0.4 is 4.90 Å². The second kappa shape index (κ2) is 10.00. The first-order valence-electron chi connectivity index (χ1n) is 9.65. The van der Waals surface area contributed by atoms with E-state index in [4.69, 9.17) is 5.11 Å². The van der Waals surface area contributed by atoms with Crippen molar-refractivity contribution < 1.29 is 19.6 Å². The lowest BCUT2D eigenvalue weighted by atomic mass is 10.0. The number of hydrogen-bond acceptors (Lipinski definition) is 6. The van der Waals surface area contributed by atoms with Crippen LogP contribution in [0.2, 0.25) is 0 Å². The molecule has 2 heterocycles. The number of nitro groups is 1. The molecule has 1 amide bonds. The number of carboxylic acid groups (broad SMARTS) is 1. The summed E-state index contributed by atoms with van der Waals surface area (Å²) in [4.78, 5) is 40.1. The summed E-state index contributed by atoms with van der Waals surface area (Å²) in [5.41, 5.74) is 1.61. The van der Waals surface area contributed by atoms with Gasteiger partial charge in [0.05, 0.1) is 23.7 Å². The predicted molar refractivity (Wildman–Crippen MR) is 111 cm³/mol. The number of nitrogens with zero attached hydrogens (tertiary/aromatic N) is 4. The minimum absolute atomic E-state index is 0. The van der Waals surface area contributed by atoms with Crippen molar-refractivity contribution >= 4 is 35.7 Å². The topological polar surface area (TPSA) is 107 Å². The van der Waals surface area contributed by atoms with E-state index >= 15 is 0 Å². The van der Waals surface area contributed by atoms with Crippen LogP contribution >= 0.6 is 12.4 Å². The summed E-state index contributed by atoms with van der Waals surface area (Å²) in [6.45, 7) is 5.00. The molecule has 1 aromatic carbocycles. The predicted octanol–water partition coefficient (Wildman–Crippen LogP) is 1.78. The molecule has 1 N–H and O–H groups in total. The maximum Gasteiger partial charge on any atom is 0.317 e. The van der Waals surface area contributed by atoms with Gasteiger partial charge in [0, 0.05) is 37.8 Å². The fourth-order valence-electron chi connectivity index (χ4n) is 4.13. The van der Waals surface area contributed by atoms with E-state index < -0.39 is 10.9 Å². The number of anilines is 1. The van der Waals surface area contributed by atoms with E-state index in [1.165, 1.54) is 12.1 Å². The van der Waals surface area contributed by atoms with Crippen molar-refractivity contribution in [1.29, 1.82) is 0 Å². The van der Waals surface area contributed by atoms with Crippen molar-refractivity contribution in [3.63, 3.8) is 0 Å². The van der Waals surface area contributed by atoms with Crippen LogP contribution in [-0.4, -0.2) is 77.0 Å². The summed E-state index contributed by atoms with van der Waals surface area (Å²) >= 11 is 0. The number of carboxylic acids is 1. The molecule has 0 radical (unpaired) electrons. The van der Waals surface area contributed by atoms with E-state index in [9.17, 15) is 19.7 Å². The van der Waals surface area contributed by atoms with Gasteiger partial charge in [0.2, 0.25) is 5.91 Å². The Bertz CT molecular complexity index is 767. The molecular formula is C19H27ClN4O5. The number of fused-ring (bicyclic) bond motifs is 1. The number of benzene rings is 1. The van der Waals surface area contributed by atoms with Gasteiger partial charge in [-0.15, -0.1) is 12.4 Å². The number of nitro benzene ring substituents is 1. The van der Waals surface area contributed by atoms with E-state index in [2.05, 4.69) is 4.90 Å². The summed E-state index contributed by atoms with van der Waals surface area (Å²) in [6, 6.07) is 4.92. The zero-order chi connectivity index (χ0) is 20.3. The summed E-state index contributed by atoms with van der Waals surface area (Å²) < 4.78 is 0. The van der Waals surface area contributed by atoms with E-state index in [0.29, 0.717) is 25.2 Å². The first-order valence-corrected chi connectivity index (χ1v) is 9.65. The van der Waals surface area contributed by atoms with Crippen LogP contribution in [-0.2, 0) is 16.0 Å². The number of non-ortho nitro benzene ring substituents is 1. The van der Waals surface area contributed by atoms with Gasteiger partial charge in [-0.05, 0) is 31.4 Å². The Hall–Kier alpha value is -2.23. The lowest BCUT2D eigenvalue weighted by molar-refractivity contribution is -0.384. The average Bonchev–Trinajstić information content (AvgIpc) is 3.10. The lowest BCUT2D eigenvalue weighted by Crippen LogP contribution is -2.49. The number of aliphatic carboxylic acids is 1. The minimum Gasteiger partial charge on any atom is -0.480 e. The Morgan fingerprint density at radius 1 is 1.28 bits per heavy atom. The molecule has 2 aliphatic heterocycles. The highest BCUT2D eigenvalue weighted by Crippen LogP contribution is 2.32. The van der Waals surface area contributed by atoms with Crippen LogP contribution in [0.25, 0.3) is 0 Å². The molecule has 1 fully saturated rings. The molecule has 1 saturated heterocycles. The number of amides is 1. The Morgan fingerprint density at radius 3 is 2.55 bits per heavy atom. The molecule has 160 valence electrons. The van der Waals surface area contributed by atoms with Gasteiger partial charge in [0.15, 0.2) is 0 Å². The zero-order valence-electron chi connectivity index (χ0n) is 16.5. The number of halogens is 1. The number of rotatable bonds is 7. The molecule has 3 rings (SSSR count). The quantitative estimate of drug-likeness (QED) is 0.523. The fourth-order valence-corrected chi connectivity index (χ4v) is 4.13. The van der Waals surface area contributed by atoms with Gasteiger partial charge < -0.3 is 10.0 Å². The van der Waals surface area contributed by atoms with Crippen molar-refractivity contribution in [1.82, 2.24) is 9.80 Å². The molecular weight excluding hydrogens is 400 g/mol. The van der Waals surface area contributed by atoms with Gasteiger partial charge in [-0.25, -0.2) is 0 Å². The molecule has 0 aromatic heterocycles. The number of carbonyl (C=O) groups is 2. The third kappa shape index (κ3) is 5.43. The largest absolute Gasteiger partial charge is 0.480 e. The first kappa shape index (κ1) is 23.1.